The molecule has 1 N–H and O–H groups in total. The van der Waals surface area contributed by atoms with Crippen molar-refractivity contribution in [1.82, 2.24) is 5.32 Å². The van der Waals surface area contributed by atoms with E-state index >= 15 is 0 Å². The Morgan fingerprint density at radius 3 is 2.33 bits per heavy atom. The third-order valence-electron chi connectivity index (χ3n) is 5.99. The van der Waals surface area contributed by atoms with Crippen LogP contribution in [0, 0.1) is 0 Å². The van der Waals surface area contributed by atoms with Crippen LogP contribution in [0.2, 0.25) is 0 Å². The van der Waals surface area contributed by atoms with Crippen molar-refractivity contribution >= 4 is 12.0 Å². The molecule has 1 aliphatic rings. The van der Waals surface area contributed by atoms with Crippen LogP contribution in [-0.4, -0.2) is 19.1 Å². The predicted molar refractivity (Wildman–Crippen MR) is 128 cm³/mol. The van der Waals surface area contributed by atoms with E-state index in [1.54, 1.807) is 0 Å². The number of nitrogens with one attached hydrogen (secondary N) is 1. The van der Waals surface area contributed by atoms with Gasteiger partial charge in [-0.15, -0.1) is 0 Å². The van der Waals surface area contributed by atoms with E-state index in [4.69, 9.17) is 4.74 Å². The Bertz CT molecular complexity index is 638. The van der Waals surface area contributed by atoms with E-state index in [9.17, 15) is 4.79 Å². The van der Waals surface area contributed by atoms with Gasteiger partial charge in [0, 0.05) is 18.9 Å². The Labute approximate surface area is 184 Å². The molecule has 0 aromatic heterocycles. The van der Waals surface area contributed by atoms with Gasteiger partial charge in [0.1, 0.15) is 5.75 Å². The highest BCUT2D eigenvalue weighted by atomic mass is 16.5. The van der Waals surface area contributed by atoms with Crippen LogP contribution in [0.25, 0.3) is 6.08 Å². The molecule has 0 heterocycles. The summed E-state index contributed by atoms with van der Waals surface area (Å²) in [5.74, 6) is 1.52. The lowest BCUT2D eigenvalue weighted by atomic mass is 9.97. The number of unbranched alkanes of at least 4 members (excludes halogenated alkanes) is 9. The number of amides is 1. The maximum Gasteiger partial charge on any atom is 0.219 e. The van der Waals surface area contributed by atoms with E-state index in [2.05, 4.69) is 42.6 Å². The number of rotatable bonds is 17. The maximum absolute atomic E-state index is 11.7. The Balaban J connectivity index is 1.59. The molecule has 0 bridgehead atoms. The zero-order chi connectivity index (χ0) is 21.4. The third kappa shape index (κ3) is 9.36. The Hall–Kier alpha value is -1.77. The molecule has 168 valence electrons. The second kappa shape index (κ2) is 15.1. The number of hydrogen-bond donors (Lipinski definition) is 1. The van der Waals surface area contributed by atoms with E-state index in [-0.39, 0.29) is 5.91 Å². The van der Waals surface area contributed by atoms with Gasteiger partial charge in [-0.2, -0.15) is 0 Å². The highest BCUT2D eigenvalue weighted by Gasteiger charge is 2.18. The van der Waals surface area contributed by atoms with Crippen molar-refractivity contribution in [2.24, 2.45) is 0 Å². The number of allylic oxidation sites excluding steroid dienone is 1. The second-order valence-corrected chi connectivity index (χ2v) is 8.68. The van der Waals surface area contributed by atoms with Crippen LogP contribution in [0.5, 0.6) is 5.75 Å². The fourth-order valence-electron chi connectivity index (χ4n) is 4.15. The minimum Gasteiger partial charge on any atom is -0.494 e. The van der Waals surface area contributed by atoms with Gasteiger partial charge in [-0.05, 0) is 42.5 Å². The average Bonchev–Trinajstić information content (AvgIpc) is 3.14. The lowest BCUT2D eigenvalue weighted by Crippen LogP contribution is -2.24. The molecule has 0 saturated heterocycles. The minimum absolute atomic E-state index is 0.160. The summed E-state index contributed by atoms with van der Waals surface area (Å²) in [7, 11) is 0. The van der Waals surface area contributed by atoms with Crippen molar-refractivity contribution in [2.45, 2.75) is 103 Å². The minimum atomic E-state index is 0.160. The van der Waals surface area contributed by atoms with Gasteiger partial charge >= 0.3 is 0 Å². The Morgan fingerprint density at radius 1 is 0.933 bits per heavy atom. The molecule has 1 aromatic rings. The van der Waals surface area contributed by atoms with Crippen LogP contribution in [0.15, 0.2) is 24.3 Å². The van der Waals surface area contributed by atoms with Gasteiger partial charge in [0.2, 0.25) is 5.91 Å². The summed E-state index contributed by atoms with van der Waals surface area (Å²) >= 11 is 0. The van der Waals surface area contributed by atoms with Crippen LogP contribution in [-0.2, 0) is 4.79 Å². The molecule has 1 aromatic carbocycles. The van der Waals surface area contributed by atoms with Gasteiger partial charge in [0.25, 0.3) is 0 Å². The first-order chi connectivity index (χ1) is 14.7. The number of ether oxygens (including phenoxy) is 1. The summed E-state index contributed by atoms with van der Waals surface area (Å²) < 4.78 is 6.03. The van der Waals surface area contributed by atoms with Crippen LogP contribution in [0.1, 0.15) is 114 Å². The van der Waals surface area contributed by atoms with Crippen molar-refractivity contribution in [3.05, 3.63) is 35.4 Å². The summed E-state index contributed by atoms with van der Waals surface area (Å²) in [5, 5.41) is 3.03. The zero-order valence-corrected chi connectivity index (χ0v) is 19.4. The van der Waals surface area contributed by atoms with E-state index < -0.39 is 0 Å². The first kappa shape index (κ1) is 24.5. The number of carbonyl (C=O) groups is 1. The summed E-state index contributed by atoms with van der Waals surface area (Å²) in [4.78, 5) is 11.7. The van der Waals surface area contributed by atoms with Crippen molar-refractivity contribution < 1.29 is 9.53 Å². The molecule has 1 aliphatic carbocycles. The predicted octanol–water partition coefficient (Wildman–Crippen LogP) is 7.40. The smallest absolute Gasteiger partial charge is 0.219 e. The van der Waals surface area contributed by atoms with E-state index in [1.807, 2.05) is 6.92 Å². The number of benzene rings is 1. The summed E-state index contributed by atoms with van der Waals surface area (Å²) in [6, 6.07) is 6.45. The summed E-state index contributed by atoms with van der Waals surface area (Å²) in [5.41, 5.74) is 2.62. The van der Waals surface area contributed by atoms with Crippen LogP contribution < -0.4 is 10.1 Å². The monoisotopic (exact) mass is 413 g/mol. The Kier molecular flexibility index (Phi) is 12.3. The lowest BCUT2D eigenvalue weighted by molar-refractivity contribution is -0.121. The Morgan fingerprint density at radius 2 is 1.63 bits per heavy atom. The highest BCUT2D eigenvalue weighted by Crippen LogP contribution is 2.34. The fourth-order valence-corrected chi connectivity index (χ4v) is 4.15. The third-order valence-corrected chi connectivity index (χ3v) is 5.99. The molecule has 0 radical (unpaired) electrons. The van der Waals surface area contributed by atoms with Gasteiger partial charge < -0.3 is 10.1 Å². The summed E-state index contributed by atoms with van der Waals surface area (Å²) in [6.07, 6.45) is 20.4. The van der Waals surface area contributed by atoms with Crippen LogP contribution >= 0.6 is 0 Å². The molecule has 3 nitrogen and oxygen atoms in total. The molecule has 2 rings (SSSR count). The van der Waals surface area contributed by atoms with E-state index in [0.717, 1.165) is 38.2 Å². The molecule has 0 fully saturated rings. The molecular formula is C27H43NO2. The number of fused-ring (bicyclic) bond motifs is 1. The number of carbonyl (C=O) groups excluding carboxylic acids is 1. The van der Waals surface area contributed by atoms with E-state index in [0.29, 0.717) is 12.3 Å². The molecule has 1 atom stereocenters. The quantitative estimate of drug-likeness (QED) is 0.270. The first-order valence-electron chi connectivity index (χ1n) is 12.5. The van der Waals surface area contributed by atoms with E-state index in [1.165, 1.54) is 68.9 Å². The molecule has 1 amide bonds. The SMILES string of the molecule is CCCCCCCCCCCCOc1ccc2c(c1)C(CCNC(=O)CCC)C=C2. The molecular weight excluding hydrogens is 370 g/mol. The highest BCUT2D eigenvalue weighted by molar-refractivity contribution is 5.75. The van der Waals surface area contributed by atoms with Gasteiger partial charge in [-0.3, -0.25) is 4.79 Å². The van der Waals surface area contributed by atoms with Gasteiger partial charge in [0.15, 0.2) is 0 Å². The topological polar surface area (TPSA) is 38.3 Å². The molecule has 0 aliphatic heterocycles. The van der Waals surface area contributed by atoms with Crippen molar-refractivity contribution in [1.29, 1.82) is 0 Å². The first-order valence-corrected chi connectivity index (χ1v) is 12.5. The maximum atomic E-state index is 11.7. The zero-order valence-electron chi connectivity index (χ0n) is 19.4. The molecule has 0 spiro atoms. The van der Waals surface area contributed by atoms with Gasteiger partial charge in [0.05, 0.1) is 6.61 Å². The summed E-state index contributed by atoms with van der Waals surface area (Å²) in [6.45, 7) is 5.85. The molecule has 3 heteroatoms. The fraction of sp³-hybridized carbons (Fsp3) is 0.667. The largest absolute Gasteiger partial charge is 0.494 e. The number of hydrogen-bond acceptors (Lipinski definition) is 2. The van der Waals surface area contributed by atoms with Crippen molar-refractivity contribution in [3.8, 4) is 5.75 Å². The van der Waals surface area contributed by atoms with Crippen LogP contribution in [0.4, 0.5) is 0 Å². The lowest BCUT2D eigenvalue weighted by Gasteiger charge is -2.14. The molecule has 0 saturated carbocycles. The normalized spacial score (nSPS) is 14.7. The van der Waals surface area contributed by atoms with Gasteiger partial charge in [-0.25, -0.2) is 0 Å². The molecule has 30 heavy (non-hydrogen) atoms. The van der Waals surface area contributed by atoms with Gasteiger partial charge in [-0.1, -0.05) is 89.9 Å². The van der Waals surface area contributed by atoms with Crippen molar-refractivity contribution in [3.63, 3.8) is 0 Å². The standard InChI is InChI=1S/C27H43NO2/c1-3-5-6-7-8-9-10-11-12-13-21-30-25-18-17-23-15-16-24(26(23)22-25)19-20-28-27(29)14-4-2/h15-18,22,24H,3-14,19-21H2,1-2H3,(H,28,29). The second-order valence-electron chi connectivity index (χ2n) is 8.68. The average molecular weight is 414 g/mol. The molecule has 1 unspecified atom stereocenters. The van der Waals surface area contributed by atoms with Crippen molar-refractivity contribution in [2.75, 3.05) is 13.2 Å². The van der Waals surface area contributed by atoms with Crippen LogP contribution in [0.3, 0.4) is 0 Å².